The van der Waals surface area contributed by atoms with Crippen LogP contribution in [0.5, 0.6) is 0 Å². The molecule has 0 spiro atoms. The molecule has 0 aromatic carbocycles. The van der Waals surface area contributed by atoms with Crippen LogP contribution in [0.4, 0.5) is 5.13 Å². The van der Waals surface area contributed by atoms with Crippen molar-refractivity contribution >= 4 is 16.5 Å². The van der Waals surface area contributed by atoms with Crippen molar-refractivity contribution < 1.29 is 0 Å². The molecule has 0 bridgehead atoms. The van der Waals surface area contributed by atoms with E-state index in [-0.39, 0.29) is 0 Å². The molecule has 2 heterocycles. The first-order valence-corrected chi connectivity index (χ1v) is 6.43. The number of piperidine rings is 1. The van der Waals surface area contributed by atoms with Crippen LogP contribution in [-0.4, -0.2) is 24.6 Å². The van der Waals surface area contributed by atoms with Gasteiger partial charge in [-0.25, -0.2) is 4.98 Å². The molecule has 1 atom stereocenters. The summed E-state index contributed by atoms with van der Waals surface area (Å²) in [5.74, 6) is 0. The molecule has 1 aromatic rings. The lowest BCUT2D eigenvalue weighted by Crippen LogP contribution is -2.42. The van der Waals surface area contributed by atoms with E-state index < -0.39 is 0 Å². The van der Waals surface area contributed by atoms with Crippen molar-refractivity contribution in [2.24, 2.45) is 5.41 Å². The molecule has 1 saturated heterocycles. The molecule has 1 aliphatic rings. The SMILES string of the molecule is Cc1csc(NCC2(C)CCCNC2)n1. The molecule has 0 aliphatic carbocycles. The van der Waals surface area contributed by atoms with Crippen molar-refractivity contribution in [1.29, 1.82) is 0 Å². The van der Waals surface area contributed by atoms with Crippen LogP contribution in [0.3, 0.4) is 0 Å². The highest BCUT2D eigenvalue weighted by Crippen LogP contribution is 2.26. The predicted octanol–water partition coefficient (Wildman–Crippen LogP) is 2.25. The average Bonchev–Trinajstić information content (AvgIpc) is 2.63. The van der Waals surface area contributed by atoms with Crippen LogP contribution in [0.1, 0.15) is 25.5 Å². The molecule has 1 aliphatic heterocycles. The highest BCUT2D eigenvalue weighted by atomic mass is 32.1. The fraction of sp³-hybridized carbons (Fsp3) is 0.727. The van der Waals surface area contributed by atoms with Gasteiger partial charge in [0.25, 0.3) is 0 Å². The summed E-state index contributed by atoms with van der Waals surface area (Å²) in [5.41, 5.74) is 1.49. The third kappa shape index (κ3) is 2.92. The van der Waals surface area contributed by atoms with E-state index in [9.17, 15) is 0 Å². The Labute approximate surface area is 95.3 Å². The Kier molecular flexibility index (Phi) is 3.26. The fourth-order valence-corrected chi connectivity index (χ4v) is 2.68. The second kappa shape index (κ2) is 4.49. The smallest absolute Gasteiger partial charge is 0.182 e. The topological polar surface area (TPSA) is 37.0 Å². The van der Waals surface area contributed by atoms with Crippen molar-refractivity contribution in [1.82, 2.24) is 10.3 Å². The summed E-state index contributed by atoms with van der Waals surface area (Å²) in [7, 11) is 0. The van der Waals surface area contributed by atoms with Gasteiger partial charge in [-0.1, -0.05) is 6.92 Å². The van der Waals surface area contributed by atoms with E-state index in [0.717, 1.165) is 23.9 Å². The Morgan fingerprint density at radius 2 is 2.53 bits per heavy atom. The van der Waals surface area contributed by atoms with E-state index in [4.69, 9.17) is 0 Å². The average molecular weight is 225 g/mol. The van der Waals surface area contributed by atoms with Gasteiger partial charge in [-0.15, -0.1) is 11.3 Å². The minimum atomic E-state index is 0.387. The monoisotopic (exact) mass is 225 g/mol. The summed E-state index contributed by atoms with van der Waals surface area (Å²) < 4.78 is 0. The zero-order chi connectivity index (χ0) is 10.7. The molecule has 15 heavy (non-hydrogen) atoms. The van der Waals surface area contributed by atoms with Crippen LogP contribution in [0.25, 0.3) is 0 Å². The zero-order valence-corrected chi connectivity index (χ0v) is 10.3. The van der Waals surface area contributed by atoms with E-state index in [1.54, 1.807) is 11.3 Å². The lowest BCUT2D eigenvalue weighted by molar-refractivity contribution is 0.253. The van der Waals surface area contributed by atoms with Gasteiger partial charge in [-0.2, -0.15) is 0 Å². The van der Waals surface area contributed by atoms with Crippen LogP contribution in [0.15, 0.2) is 5.38 Å². The largest absolute Gasteiger partial charge is 0.361 e. The number of nitrogens with one attached hydrogen (secondary N) is 2. The molecule has 1 unspecified atom stereocenters. The van der Waals surface area contributed by atoms with Gasteiger partial charge < -0.3 is 10.6 Å². The number of hydrogen-bond donors (Lipinski definition) is 2. The van der Waals surface area contributed by atoms with Crippen molar-refractivity contribution in [3.8, 4) is 0 Å². The molecule has 0 radical (unpaired) electrons. The Bertz CT molecular complexity index is 315. The highest BCUT2D eigenvalue weighted by molar-refractivity contribution is 7.13. The van der Waals surface area contributed by atoms with Crippen LogP contribution in [-0.2, 0) is 0 Å². The Morgan fingerprint density at radius 1 is 1.67 bits per heavy atom. The first-order valence-electron chi connectivity index (χ1n) is 5.55. The third-order valence-corrected chi connectivity index (χ3v) is 3.89. The summed E-state index contributed by atoms with van der Waals surface area (Å²) in [6.45, 7) is 7.68. The lowest BCUT2D eigenvalue weighted by Gasteiger charge is -2.34. The number of anilines is 1. The molecule has 84 valence electrons. The van der Waals surface area contributed by atoms with E-state index in [1.807, 2.05) is 6.92 Å². The molecule has 4 heteroatoms. The van der Waals surface area contributed by atoms with Crippen molar-refractivity contribution in [2.75, 3.05) is 25.0 Å². The molecule has 0 amide bonds. The van der Waals surface area contributed by atoms with E-state index in [2.05, 4.69) is 27.9 Å². The Balaban J connectivity index is 1.86. The van der Waals surface area contributed by atoms with E-state index in [1.165, 1.54) is 19.4 Å². The Morgan fingerprint density at radius 3 is 3.13 bits per heavy atom. The quantitative estimate of drug-likeness (QED) is 0.828. The second-order valence-electron chi connectivity index (χ2n) is 4.74. The molecule has 1 aromatic heterocycles. The number of thiazole rings is 1. The number of rotatable bonds is 3. The first kappa shape index (κ1) is 10.9. The van der Waals surface area contributed by atoms with Gasteiger partial charge in [0.2, 0.25) is 0 Å². The molecule has 1 fully saturated rings. The number of aryl methyl sites for hydroxylation is 1. The fourth-order valence-electron chi connectivity index (χ4n) is 1.99. The van der Waals surface area contributed by atoms with Crippen LogP contribution < -0.4 is 10.6 Å². The molecule has 0 saturated carbocycles. The maximum atomic E-state index is 4.41. The van der Waals surface area contributed by atoms with Crippen molar-refractivity contribution in [3.05, 3.63) is 11.1 Å². The molecular formula is C11H19N3S. The van der Waals surface area contributed by atoms with Gasteiger partial charge in [0.1, 0.15) is 0 Å². The van der Waals surface area contributed by atoms with Gasteiger partial charge in [0.05, 0.1) is 5.69 Å². The summed E-state index contributed by atoms with van der Waals surface area (Å²) in [6.07, 6.45) is 2.59. The van der Waals surface area contributed by atoms with Gasteiger partial charge >= 0.3 is 0 Å². The highest BCUT2D eigenvalue weighted by Gasteiger charge is 2.26. The van der Waals surface area contributed by atoms with Crippen LogP contribution >= 0.6 is 11.3 Å². The minimum absolute atomic E-state index is 0.387. The minimum Gasteiger partial charge on any atom is -0.361 e. The summed E-state index contributed by atoms with van der Waals surface area (Å²) >= 11 is 1.69. The predicted molar refractivity (Wildman–Crippen MR) is 65.6 cm³/mol. The van der Waals surface area contributed by atoms with Crippen LogP contribution in [0.2, 0.25) is 0 Å². The second-order valence-corrected chi connectivity index (χ2v) is 5.60. The van der Waals surface area contributed by atoms with Gasteiger partial charge in [-0.05, 0) is 31.7 Å². The van der Waals surface area contributed by atoms with Gasteiger partial charge in [0.15, 0.2) is 5.13 Å². The molecule has 3 nitrogen and oxygen atoms in total. The normalized spacial score (nSPS) is 26.5. The zero-order valence-electron chi connectivity index (χ0n) is 9.47. The molecule has 2 N–H and O–H groups in total. The summed E-state index contributed by atoms with van der Waals surface area (Å²) in [4.78, 5) is 4.41. The van der Waals surface area contributed by atoms with Gasteiger partial charge in [0, 0.05) is 18.5 Å². The summed E-state index contributed by atoms with van der Waals surface area (Å²) in [6, 6.07) is 0. The van der Waals surface area contributed by atoms with Gasteiger partial charge in [-0.3, -0.25) is 0 Å². The maximum Gasteiger partial charge on any atom is 0.182 e. The lowest BCUT2D eigenvalue weighted by atomic mass is 9.83. The number of nitrogens with zero attached hydrogens (tertiary/aromatic N) is 1. The number of aromatic nitrogens is 1. The number of hydrogen-bond acceptors (Lipinski definition) is 4. The first-order chi connectivity index (χ1) is 7.18. The van der Waals surface area contributed by atoms with E-state index in [0.29, 0.717) is 5.41 Å². The molecular weight excluding hydrogens is 206 g/mol. The summed E-state index contributed by atoms with van der Waals surface area (Å²) in [5, 5.41) is 10.0. The van der Waals surface area contributed by atoms with E-state index >= 15 is 0 Å². The van der Waals surface area contributed by atoms with Crippen molar-refractivity contribution in [3.63, 3.8) is 0 Å². The molecule has 2 rings (SSSR count). The third-order valence-electron chi connectivity index (χ3n) is 2.97. The maximum absolute atomic E-state index is 4.41. The van der Waals surface area contributed by atoms with Crippen LogP contribution in [0, 0.1) is 12.3 Å². The Hall–Kier alpha value is -0.610. The van der Waals surface area contributed by atoms with Crippen molar-refractivity contribution in [2.45, 2.75) is 26.7 Å². The standard InChI is InChI=1S/C11H19N3S/c1-9-6-15-10(14-9)13-8-11(2)4-3-5-12-7-11/h6,12H,3-5,7-8H2,1-2H3,(H,13,14).